The molecule has 106 valence electrons. The Balaban J connectivity index is 2.07. The Kier molecular flexibility index (Phi) is 4.45. The van der Waals surface area contributed by atoms with E-state index in [0.29, 0.717) is 5.13 Å². The number of hydrogen-bond donors (Lipinski definition) is 1. The smallest absolute Gasteiger partial charge is 0.231 e. The van der Waals surface area contributed by atoms with E-state index in [-0.39, 0.29) is 5.91 Å². The first-order chi connectivity index (χ1) is 9.36. The van der Waals surface area contributed by atoms with Crippen LogP contribution >= 0.6 is 22.9 Å². The standard InChI is InChI=1S/C15H17ClN2OS/c1-15(2,3)13(19)18-14-17-9-11(20-14)8-10-6-4-5-7-12(10)16/h4-7,9H,8H2,1-3H3,(H,17,18,19). The fourth-order valence-electron chi connectivity index (χ4n) is 1.56. The van der Waals surface area contributed by atoms with Crippen LogP contribution in [0.1, 0.15) is 31.2 Å². The van der Waals surface area contributed by atoms with Crippen molar-refractivity contribution in [3.63, 3.8) is 0 Å². The van der Waals surface area contributed by atoms with Gasteiger partial charge in [-0.05, 0) is 11.6 Å². The van der Waals surface area contributed by atoms with Gasteiger partial charge in [0, 0.05) is 27.9 Å². The maximum absolute atomic E-state index is 11.9. The van der Waals surface area contributed by atoms with E-state index in [0.717, 1.165) is 21.9 Å². The normalized spacial score (nSPS) is 11.4. The van der Waals surface area contributed by atoms with Crippen LogP contribution in [0.3, 0.4) is 0 Å². The highest BCUT2D eigenvalue weighted by Gasteiger charge is 2.22. The minimum Gasteiger partial charge on any atom is -0.302 e. The minimum absolute atomic E-state index is 0.0313. The molecule has 5 heteroatoms. The molecule has 0 spiro atoms. The summed E-state index contributed by atoms with van der Waals surface area (Å²) in [5, 5.41) is 4.22. The number of nitrogens with one attached hydrogen (secondary N) is 1. The summed E-state index contributed by atoms with van der Waals surface area (Å²) < 4.78 is 0. The van der Waals surface area contributed by atoms with Crippen LogP contribution in [0.15, 0.2) is 30.5 Å². The average molecular weight is 309 g/mol. The fraction of sp³-hybridized carbons (Fsp3) is 0.333. The summed E-state index contributed by atoms with van der Waals surface area (Å²) in [6.07, 6.45) is 2.51. The first-order valence-corrected chi connectivity index (χ1v) is 7.55. The van der Waals surface area contributed by atoms with Gasteiger partial charge in [0.05, 0.1) is 0 Å². The number of thiazole rings is 1. The van der Waals surface area contributed by atoms with E-state index in [4.69, 9.17) is 11.6 Å². The van der Waals surface area contributed by atoms with Crippen molar-refractivity contribution < 1.29 is 4.79 Å². The van der Waals surface area contributed by atoms with Crippen LogP contribution in [-0.2, 0) is 11.2 Å². The second kappa shape index (κ2) is 5.94. The number of halogens is 1. The highest BCUT2D eigenvalue weighted by Crippen LogP contribution is 2.26. The van der Waals surface area contributed by atoms with Crippen molar-refractivity contribution in [3.05, 3.63) is 45.9 Å². The van der Waals surface area contributed by atoms with E-state index in [1.807, 2.05) is 45.0 Å². The first-order valence-electron chi connectivity index (χ1n) is 6.36. The van der Waals surface area contributed by atoms with E-state index in [1.165, 1.54) is 11.3 Å². The molecular weight excluding hydrogens is 292 g/mol. The van der Waals surface area contributed by atoms with E-state index < -0.39 is 5.41 Å². The number of carbonyl (C=O) groups excluding carboxylic acids is 1. The molecule has 0 unspecified atom stereocenters. The Morgan fingerprint density at radius 3 is 2.70 bits per heavy atom. The molecule has 3 nitrogen and oxygen atoms in total. The maximum atomic E-state index is 11.9. The molecule has 0 saturated heterocycles. The zero-order valence-electron chi connectivity index (χ0n) is 11.7. The quantitative estimate of drug-likeness (QED) is 0.914. The monoisotopic (exact) mass is 308 g/mol. The molecule has 0 bridgehead atoms. The van der Waals surface area contributed by atoms with Crippen LogP contribution < -0.4 is 5.32 Å². The first kappa shape index (κ1) is 15.0. The van der Waals surface area contributed by atoms with Crippen molar-refractivity contribution in [1.82, 2.24) is 4.98 Å². The third-order valence-corrected chi connectivity index (χ3v) is 4.06. The van der Waals surface area contributed by atoms with Crippen LogP contribution in [0.5, 0.6) is 0 Å². The van der Waals surface area contributed by atoms with Crippen molar-refractivity contribution in [2.75, 3.05) is 5.32 Å². The Morgan fingerprint density at radius 2 is 2.05 bits per heavy atom. The number of benzene rings is 1. The van der Waals surface area contributed by atoms with E-state index in [1.54, 1.807) is 6.20 Å². The molecule has 20 heavy (non-hydrogen) atoms. The number of nitrogens with zero attached hydrogens (tertiary/aromatic N) is 1. The second-order valence-electron chi connectivity index (χ2n) is 5.60. The largest absolute Gasteiger partial charge is 0.302 e. The predicted octanol–water partition coefficient (Wildman–Crippen LogP) is 4.37. The molecule has 1 amide bonds. The van der Waals surface area contributed by atoms with E-state index in [9.17, 15) is 4.79 Å². The highest BCUT2D eigenvalue weighted by molar-refractivity contribution is 7.15. The molecule has 0 saturated carbocycles. The molecule has 1 aromatic carbocycles. The molecule has 1 heterocycles. The van der Waals surface area contributed by atoms with Gasteiger partial charge in [-0.1, -0.05) is 50.6 Å². The summed E-state index contributed by atoms with van der Waals surface area (Å²) in [5.74, 6) is -0.0313. The van der Waals surface area contributed by atoms with Gasteiger partial charge in [0.2, 0.25) is 5.91 Å². The highest BCUT2D eigenvalue weighted by atomic mass is 35.5. The number of amides is 1. The van der Waals surface area contributed by atoms with Gasteiger partial charge in [0.1, 0.15) is 0 Å². The van der Waals surface area contributed by atoms with Gasteiger partial charge in [-0.2, -0.15) is 0 Å². The Labute approximate surface area is 128 Å². The van der Waals surface area contributed by atoms with Gasteiger partial charge >= 0.3 is 0 Å². The number of hydrogen-bond acceptors (Lipinski definition) is 3. The van der Waals surface area contributed by atoms with E-state index in [2.05, 4.69) is 10.3 Å². The summed E-state index contributed by atoms with van der Waals surface area (Å²) in [4.78, 5) is 17.2. The van der Waals surface area contributed by atoms with Gasteiger partial charge in [-0.15, -0.1) is 11.3 Å². The van der Waals surface area contributed by atoms with Gasteiger partial charge in [0.25, 0.3) is 0 Å². The number of rotatable bonds is 3. The van der Waals surface area contributed by atoms with Crippen LogP contribution in [0.4, 0.5) is 5.13 Å². The number of aromatic nitrogens is 1. The summed E-state index contributed by atoms with van der Waals surface area (Å²) in [5.41, 5.74) is 0.640. The lowest BCUT2D eigenvalue weighted by atomic mass is 9.96. The molecule has 0 fully saturated rings. The molecule has 0 aliphatic rings. The molecule has 0 atom stereocenters. The SMILES string of the molecule is CC(C)(C)C(=O)Nc1ncc(Cc2ccccc2Cl)s1. The molecular formula is C15H17ClN2OS. The van der Waals surface area contributed by atoms with Crippen molar-refractivity contribution in [1.29, 1.82) is 0 Å². The van der Waals surface area contributed by atoms with Gasteiger partial charge in [-0.25, -0.2) is 4.98 Å². The number of anilines is 1. The average Bonchev–Trinajstić information content (AvgIpc) is 2.78. The zero-order chi connectivity index (χ0) is 14.8. The van der Waals surface area contributed by atoms with Crippen molar-refractivity contribution in [2.24, 2.45) is 5.41 Å². The Bertz CT molecular complexity index is 616. The van der Waals surface area contributed by atoms with Crippen LogP contribution in [0, 0.1) is 5.41 Å². The lowest BCUT2D eigenvalue weighted by molar-refractivity contribution is -0.123. The van der Waals surface area contributed by atoms with Crippen LogP contribution in [0.2, 0.25) is 5.02 Å². The predicted molar refractivity (Wildman–Crippen MR) is 84.5 cm³/mol. The number of carbonyl (C=O) groups is 1. The summed E-state index contributed by atoms with van der Waals surface area (Å²) >= 11 is 7.62. The fourth-order valence-corrected chi connectivity index (χ4v) is 2.59. The summed E-state index contributed by atoms with van der Waals surface area (Å²) in [6.45, 7) is 5.63. The summed E-state index contributed by atoms with van der Waals surface area (Å²) in [6, 6.07) is 7.74. The topological polar surface area (TPSA) is 42.0 Å². The zero-order valence-corrected chi connectivity index (χ0v) is 13.3. The van der Waals surface area contributed by atoms with Crippen LogP contribution in [0.25, 0.3) is 0 Å². The second-order valence-corrected chi connectivity index (χ2v) is 7.13. The van der Waals surface area contributed by atoms with Crippen molar-refractivity contribution >= 4 is 34.0 Å². The lowest BCUT2D eigenvalue weighted by Gasteiger charge is -2.15. The van der Waals surface area contributed by atoms with Crippen LogP contribution in [-0.4, -0.2) is 10.9 Å². The minimum atomic E-state index is -0.422. The maximum Gasteiger partial charge on any atom is 0.231 e. The van der Waals surface area contributed by atoms with Gasteiger partial charge < -0.3 is 5.32 Å². The molecule has 0 radical (unpaired) electrons. The van der Waals surface area contributed by atoms with Crippen molar-refractivity contribution in [3.8, 4) is 0 Å². The molecule has 2 aromatic rings. The third kappa shape index (κ3) is 3.81. The van der Waals surface area contributed by atoms with Gasteiger partial charge in [0.15, 0.2) is 5.13 Å². The van der Waals surface area contributed by atoms with Gasteiger partial charge in [-0.3, -0.25) is 4.79 Å². The Hall–Kier alpha value is -1.39. The summed E-state index contributed by atoms with van der Waals surface area (Å²) in [7, 11) is 0. The molecule has 1 aromatic heterocycles. The Morgan fingerprint density at radius 1 is 1.35 bits per heavy atom. The molecule has 0 aliphatic heterocycles. The van der Waals surface area contributed by atoms with Crippen molar-refractivity contribution in [2.45, 2.75) is 27.2 Å². The molecule has 0 aliphatic carbocycles. The third-order valence-electron chi connectivity index (χ3n) is 2.78. The molecule has 1 N–H and O–H groups in total. The molecule has 2 rings (SSSR count). The van der Waals surface area contributed by atoms with E-state index >= 15 is 0 Å². The lowest BCUT2D eigenvalue weighted by Crippen LogP contribution is -2.27.